The highest BCUT2D eigenvalue weighted by molar-refractivity contribution is 5.72. The van der Waals surface area contributed by atoms with E-state index in [2.05, 4.69) is 10.1 Å². The fraction of sp³-hybridized carbons (Fsp3) is 0.559. The van der Waals surface area contributed by atoms with Gasteiger partial charge in [0, 0.05) is 19.5 Å². The molecule has 1 aromatic carbocycles. The summed E-state index contributed by atoms with van der Waals surface area (Å²) in [5, 5.41) is 13.2. The maximum Gasteiger partial charge on any atom is 0.416 e. The predicted octanol–water partition coefficient (Wildman–Crippen LogP) is 8.37. The van der Waals surface area contributed by atoms with Crippen molar-refractivity contribution in [2.75, 3.05) is 18.0 Å². The van der Waals surface area contributed by atoms with Crippen LogP contribution in [0.4, 0.5) is 37.0 Å². The Bertz CT molecular complexity index is 1650. The lowest BCUT2D eigenvalue weighted by Crippen LogP contribution is -2.36. The second-order valence-corrected chi connectivity index (χ2v) is 13.2. The van der Waals surface area contributed by atoms with Crippen LogP contribution in [0.2, 0.25) is 0 Å². The highest BCUT2D eigenvalue weighted by Gasteiger charge is 2.44. The number of alkyl halides is 6. The van der Waals surface area contributed by atoms with Crippen LogP contribution < -0.4 is 4.90 Å². The van der Waals surface area contributed by atoms with Gasteiger partial charge in [0.15, 0.2) is 5.82 Å². The number of nitrogens with zero attached hydrogens (tertiary/aromatic N) is 5. The number of amides is 1. The summed E-state index contributed by atoms with van der Waals surface area (Å²) in [6, 6.07) is 0.203. The van der Waals surface area contributed by atoms with Crippen LogP contribution in [0.25, 0.3) is 11.3 Å². The standard InChI is InChI=1S/C34H39F6N5O5/c1-5-10-44(16-22-8-6-21(7-9-22)11-28(46)47)31-27(42-26(15-41-31)29-18(2)43-50-20(29)4)17-45-19(3)30(49-32(45)48)23-12-24(33(35,36)37)14-25(13-23)34(38,39)40/h12-15,19,21-22,30H,5-11,16-17H2,1-4H3,(H,46,47)/t19-,21?,22?,30?/m0/s1. The molecular formula is C34H39F6N5O5. The van der Waals surface area contributed by atoms with E-state index in [4.69, 9.17) is 19.2 Å². The number of carbonyl (C=O) groups excluding carboxylic acids is 1. The summed E-state index contributed by atoms with van der Waals surface area (Å²) in [4.78, 5) is 37.5. The number of hydrogen-bond donors (Lipinski definition) is 1. The number of anilines is 1. The fourth-order valence-electron chi connectivity index (χ4n) is 6.95. The molecule has 2 aromatic heterocycles. The normalized spacial score (nSPS) is 21.4. The fourth-order valence-corrected chi connectivity index (χ4v) is 6.95. The van der Waals surface area contributed by atoms with Crippen LogP contribution in [-0.2, 0) is 28.4 Å². The molecule has 1 aliphatic carbocycles. The number of benzene rings is 1. The Balaban J connectivity index is 1.49. The van der Waals surface area contributed by atoms with Crippen molar-refractivity contribution in [1.82, 2.24) is 20.0 Å². The van der Waals surface area contributed by atoms with Crippen LogP contribution >= 0.6 is 0 Å². The minimum atomic E-state index is -5.07. The number of carbonyl (C=O) groups is 2. The van der Waals surface area contributed by atoms with Gasteiger partial charge in [-0.25, -0.2) is 14.8 Å². The van der Waals surface area contributed by atoms with Crippen molar-refractivity contribution in [3.05, 3.63) is 58.2 Å². The zero-order valence-corrected chi connectivity index (χ0v) is 28.1. The van der Waals surface area contributed by atoms with Crippen molar-refractivity contribution in [2.45, 2.75) is 97.3 Å². The Kier molecular flexibility index (Phi) is 10.7. The average molecular weight is 712 g/mol. The molecule has 3 aromatic rings. The first-order chi connectivity index (χ1) is 23.5. The van der Waals surface area contributed by atoms with Gasteiger partial charge in [-0.05, 0) is 88.5 Å². The first kappa shape index (κ1) is 36.9. The number of halogens is 6. The van der Waals surface area contributed by atoms with Gasteiger partial charge in [-0.3, -0.25) is 9.69 Å². The van der Waals surface area contributed by atoms with Gasteiger partial charge in [0.05, 0.1) is 46.9 Å². The van der Waals surface area contributed by atoms with E-state index in [0.717, 1.165) is 32.1 Å². The molecule has 1 saturated heterocycles. The molecule has 1 N–H and O–H groups in total. The molecule has 3 heterocycles. The largest absolute Gasteiger partial charge is 0.481 e. The Hall–Kier alpha value is -4.37. The van der Waals surface area contributed by atoms with Gasteiger partial charge in [-0.15, -0.1) is 0 Å². The Labute approximate surface area is 284 Å². The number of carboxylic acid groups (broad SMARTS) is 1. The summed E-state index contributed by atoms with van der Waals surface area (Å²) in [7, 11) is 0. The van der Waals surface area contributed by atoms with E-state index < -0.39 is 53.3 Å². The van der Waals surface area contributed by atoms with Crippen molar-refractivity contribution < 1.29 is 50.3 Å². The molecule has 0 bridgehead atoms. The third-order valence-corrected chi connectivity index (χ3v) is 9.46. The van der Waals surface area contributed by atoms with Crippen LogP contribution in [0.3, 0.4) is 0 Å². The number of aryl methyl sites for hydroxylation is 2. The number of ether oxygens (including phenoxy) is 1. The minimum absolute atomic E-state index is 0.0334. The molecule has 16 heteroatoms. The number of aliphatic carboxylic acids is 1. The summed E-state index contributed by atoms with van der Waals surface area (Å²) in [6.45, 7) is 7.91. The molecule has 1 unspecified atom stereocenters. The molecule has 1 amide bonds. The van der Waals surface area contributed by atoms with Crippen LogP contribution in [0, 0.1) is 25.7 Å². The van der Waals surface area contributed by atoms with E-state index in [-0.39, 0.29) is 30.9 Å². The quantitative estimate of drug-likeness (QED) is 0.196. The molecule has 2 atom stereocenters. The summed E-state index contributed by atoms with van der Waals surface area (Å²) in [5.74, 6) is 0.500. The molecule has 1 aliphatic heterocycles. The maximum atomic E-state index is 13.7. The highest BCUT2D eigenvalue weighted by Crippen LogP contribution is 2.42. The minimum Gasteiger partial charge on any atom is -0.481 e. The molecule has 1 saturated carbocycles. The van der Waals surface area contributed by atoms with Crippen molar-refractivity contribution in [3.63, 3.8) is 0 Å². The van der Waals surface area contributed by atoms with Gasteiger partial charge in [0.25, 0.3) is 0 Å². The van der Waals surface area contributed by atoms with Crippen LogP contribution in [0.5, 0.6) is 0 Å². The molecule has 2 fully saturated rings. The third kappa shape index (κ3) is 8.15. The molecule has 50 heavy (non-hydrogen) atoms. The highest BCUT2D eigenvalue weighted by atomic mass is 19.4. The molecule has 2 aliphatic rings. The zero-order chi connectivity index (χ0) is 36.5. The third-order valence-electron chi connectivity index (χ3n) is 9.46. The van der Waals surface area contributed by atoms with Crippen molar-refractivity contribution >= 4 is 17.9 Å². The average Bonchev–Trinajstić information content (AvgIpc) is 3.52. The number of hydrogen-bond acceptors (Lipinski definition) is 8. The Morgan fingerprint density at radius 3 is 2.18 bits per heavy atom. The van der Waals surface area contributed by atoms with Crippen LogP contribution in [-0.4, -0.2) is 56.3 Å². The van der Waals surface area contributed by atoms with Gasteiger partial charge in [-0.1, -0.05) is 12.1 Å². The zero-order valence-electron chi connectivity index (χ0n) is 28.1. The molecule has 5 rings (SSSR count). The van der Waals surface area contributed by atoms with Crippen LogP contribution in [0.1, 0.15) is 92.3 Å². The lowest BCUT2D eigenvalue weighted by atomic mass is 9.80. The molecule has 0 radical (unpaired) electrons. The van der Waals surface area contributed by atoms with E-state index in [1.54, 1.807) is 20.0 Å². The molecule has 272 valence electrons. The van der Waals surface area contributed by atoms with Crippen molar-refractivity contribution in [3.8, 4) is 11.3 Å². The Morgan fingerprint density at radius 1 is 1.02 bits per heavy atom. The molecule has 0 spiro atoms. The lowest BCUT2D eigenvalue weighted by molar-refractivity contribution is -0.143. The van der Waals surface area contributed by atoms with E-state index in [1.165, 1.54) is 11.8 Å². The second kappa shape index (κ2) is 14.5. The number of aromatic nitrogens is 3. The number of carboxylic acids is 1. The van der Waals surface area contributed by atoms with E-state index in [1.807, 2.05) is 6.92 Å². The molecule has 10 nitrogen and oxygen atoms in total. The Morgan fingerprint density at radius 2 is 1.64 bits per heavy atom. The van der Waals surface area contributed by atoms with E-state index >= 15 is 0 Å². The van der Waals surface area contributed by atoms with E-state index in [9.17, 15) is 41.0 Å². The SMILES string of the molecule is CCCN(CC1CCC(CC(=O)O)CC1)c1ncc(-c2c(C)noc2C)nc1CN1C(=O)OC(c2cc(C(F)(F)F)cc(C(F)(F)F)c2)[C@@H]1C. The first-order valence-corrected chi connectivity index (χ1v) is 16.5. The first-order valence-electron chi connectivity index (χ1n) is 16.5. The smallest absolute Gasteiger partial charge is 0.416 e. The van der Waals surface area contributed by atoms with E-state index in [0.29, 0.717) is 59.4 Å². The predicted molar refractivity (Wildman–Crippen MR) is 168 cm³/mol. The van der Waals surface area contributed by atoms with Gasteiger partial charge in [-0.2, -0.15) is 26.3 Å². The van der Waals surface area contributed by atoms with Crippen molar-refractivity contribution in [2.24, 2.45) is 11.8 Å². The lowest BCUT2D eigenvalue weighted by Gasteiger charge is -2.34. The van der Waals surface area contributed by atoms with Gasteiger partial charge in [0.2, 0.25) is 0 Å². The topological polar surface area (TPSA) is 122 Å². The monoisotopic (exact) mass is 711 g/mol. The maximum absolute atomic E-state index is 13.7. The van der Waals surface area contributed by atoms with Gasteiger partial charge >= 0.3 is 24.4 Å². The van der Waals surface area contributed by atoms with Crippen molar-refractivity contribution in [1.29, 1.82) is 0 Å². The summed E-state index contributed by atoms with van der Waals surface area (Å²) in [5.41, 5.74) is -1.53. The summed E-state index contributed by atoms with van der Waals surface area (Å²) < 4.78 is 92.7. The number of cyclic esters (lactones) is 1. The molecular weight excluding hydrogens is 672 g/mol. The van der Waals surface area contributed by atoms with Gasteiger partial charge in [0.1, 0.15) is 17.6 Å². The van der Waals surface area contributed by atoms with Gasteiger partial charge < -0.3 is 19.3 Å². The van der Waals surface area contributed by atoms with Crippen LogP contribution in [0.15, 0.2) is 28.9 Å². The second-order valence-electron chi connectivity index (χ2n) is 13.2. The summed E-state index contributed by atoms with van der Waals surface area (Å²) in [6.07, 6.45) is -6.83. The number of rotatable bonds is 11. The summed E-state index contributed by atoms with van der Waals surface area (Å²) >= 11 is 0.